The molecule has 122 valence electrons. The van der Waals surface area contributed by atoms with E-state index in [-0.39, 0.29) is 11.8 Å². The minimum atomic E-state index is -1.04. The number of hydrogen-bond acceptors (Lipinski definition) is 2. The molecule has 0 atom stereocenters. The minimum absolute atomic E-state index is 0.0956. The highest BCUT2D eigenvalue weighted by Gasteiger charge is 2.38. The molecule has 0 spiro atoms. The van der Waals surface area contributed by atoms with Crippen molar-refractivity contribution in [1.82, 2.24) is 10.2 Å². The zero-order valence-electron chi connectivity index (χ0n) is 14.2. The predicted octanol–water partition coefficient (Wildman–Crippen LogP) is 2.98. The van der Waals surface area contributed by atoms with Gasteiger partial charge in [0.05, 0.1) is 0 Å². The summed E-state index contributed by atoms with van der Waals surface area (Å²) in [5.74, 6) is -0.319. The fourth-order valence-corrected chi connectivity index (χ4v) is 2.35. The van der Waals surface area contributed by atoms with Gasteiger partial charge in [-0.25, -0.2) is 0 Å². The highest BCUT2D eigenvalue weighted by Crippen LogP contribution is 2.20. The van der Waals surface area contributed by atoms with E-state index in [1.54, 1.807) is 18.7 Å². The summed E-state index contributed by atoms with van der Waals surface area (Å²) in [4.78, 5) is 26.9. The minimum Gasteiger partial charge on any atom is -0.351 e. The second-order valence-corrected chi connectivity index (χ2v) is 6.09. The Labute approximate surface area is 133 Å². The van der Waals surface area contributed by atoms with Crippen LogP contribution in [0.1, 0.15) is 46.1 Å². The molecule has 0 aromatic heterocycles. The topological polar surface area (TPSA) is 49.4 Å². The summed E-state index contributed by atoms with van der Waals surface area (Å²) < 4.78 is 0. The third-order valence-corrected chi connectivity index (χ3v) is 3.67. The maximum atomic E-state index is 12.7. The number of hydrogen-bond donors (Lipinski definition) is 1. The second-order valence-electron chi connectivity index (χ2n) is 6.09. The van der Waals surface area contributed by atoms with Crippen molar-refractivity contribution in [2.24, 2.45) is 5.41 Å². The van der Waals surface area contributed by atoms with E-state index in [1.807, 2.05) is 44.2 Å². The first kappa shape index (κ1) is 18.2. The van der Waals surface area contributed by atoms with Crippen molar-refractivity contribution >= 4 is 11.8 Å². The Morgan fingerprint density at radius 2 is 1.59 bits per heavy atom. The van der Waals surface area contributed by atoms with Gasteiger partial charge in [0.25, 0.3) is 0 Å². The lowest BCUT2D eigenvalue weighted by atomic mass is 9.90. The van der Waals surface area contributed by atoms with Crippen LogP contribution < -0.4 is 5.32 Å². The molecule has 1 rings (SSSR count). The smallest absolute Gasteiger partial charge is 0.237 e. The summed E-state index contributed by atoms with van der Waals surface area (Å²) in [6, 6.07) is 9.71. The van der Waals surface area contributed by atoms with Crippen LogP contribution in [0.15, 0.2) is 30.3 Å². The van der Waals surface area contributed by atoms with Gasteiger partial charge in [-0.05, 0) is 32.3 Å². The molecule has 0 saturated heterocycles. The molecule has 0 fully saturated rings. The van der Waals surface area contributed by atoms with Gasteiger partial charge in [-0.1, -0.05) is 44.2 Å². The standard InChI is InChI=1S/C18H28N2O2/c1-5-12-20(13-6-2)17(22)18(3,4)16(21)19-14-15-10-8-7-9-11-15/h7-11H,5-6,12-14H2,1-4H3,(H,19,21). The average Bonchev–Trinajstić information content (AvgIpc) is 2.52. The molecule has 4 nitrogen and oxygen atoms in total. The van der Waals surface area contributed by atoms with Gasteiger partial charge in [0.15, 0.2) is 0 Å². The summed E-state index contributed by atoms with van der Waals surface area (Å²) in [7, 11) is 0. The number of amides is 2. The first-order chi connectivity index (χ1) is 10.4. The predicted molar refractivity (Wildman–Crippen MR) is 89.2 cm³/mol. The van der Waals surface area contributed by atoms with Crippen LogP contribution >= 0.6 is 0 Å². The van der Waals surface area contributed by atoms with Gasteiger partial charge < -0.3 is 10.2 Å². The van der Waals surface area contributed by atoms with Crippen LogP contribution in [-0.2, 0) is 16.1 Å². The SMILES string of the molecule is CCCN(CCC)C(=O)C(C)(C)C(=O)NCc1ccccc1. The number of rotatable bonds is 8. The Morgan fingerprint density at radius 3 is 2.09 bits per heavy atom. The van der Waals surface area contributed by atoms with Crippen LogP contribution in [0, 0.1) is 5.41 Å². The van der Waals surface area contributed by atoms with Crippen LogP contribution in [-0.4, -0.2) is 29.8 Å². The van der Waals surface area contributed by atoms with E-state index in [9.17, 15) is 9.59 Å². The van der Waals surface area contributed by atoms with Crippen molar-refractivity contribution in [3.63, 3.8) is 0 Å². The van der Waals surface area contributed by atoms with E-state index in [1.165, 1.54) is 0 Å². The first-order valence-corrected chi connectivity index (χ1v) is 8.05. The van der Waals surface area contributed by atoms with Gasteiger partial charge in [0.2, 0.25) is 11.8 Å². The van der Waals surface area contributed by atoms with Crippen molar-refractivity contribution in [3.05, 3.63) is 35.9 Å². The molecule has 0 aliphatic rings. The molecular formula is C18H28N2O2. The lowest BCUT2D eigenvalue weighted by Crippen LogP contribution is -2.49. The normalized spacial score (nSPS) is 11.1. The first-order valence-electron chi connectivity index (χ1n) is 8.05. The van der Waals surface area contributed by atoms with Crippen molar-refractivity contribution in [1.29, 1.82) is 0 Å². The van der Waals surface area contributed by atoms with Gasteiger partial charge in [0, 0.05) is 19.6 Å². The van der Waals surface area contributed by atoms with Gasteiger partial charge in [-0.3, -0.25) is 9.59 Å². The third kappa shape index (κ3) is 4.86. The summed E-state index contributed by atoms with van der Waals surface area (Å²) in [6.07, 6.45) is 1.79. The van der Waals surface area contributed by atoms with Crippen molar-refractivity contribution in [2.45, 2.75) is 47.1 Å². The van der Waals surface area contributed by atoms with Crippen LogP contribution in [0.3, 0.4) is 0 Å². The zero-order valence-corrected chi connectivity index (χ0v) is 14.2. The molecule has 0 aliphatic carbocycles. The second kappa shape index (κ2) is 8.57. The van der Waals surface area contributed by atoms with E-state index in [0.717, 1.165) is 18.4 Å². The van der Waals surface area contributed by atoms with Gasteiger partial charge in [0.1, 0.15) is 5.41 Å². The molecule has 0 heterocycles. The van der Waals surface area contributed by atoms with Crippen LogP contribution in [0.5, 0.6) is 0 Å². The average molecular weight is 304 g/mol. The monoisotopic (exact) mass is 304 g/mol. The molecule has 0 bridgehead atoms. The Bertz CT molecular complexity index is 477. The van der Waals surface area contributed by atoms with E-state index >= 15 is 0 Å². The maximum absolute atomic E-state index is 12.7. The largest absolute Gasteiger partial charge is 0.351 e. The van der Waals surface area contributed by atoms with Gasteiger partial charge >= 0.3 is 0 Å². The summed E-state index contributed by atoms with van der Waals surface area (Å²) in [6.45, 7) is 9.32. The Morgan fingerprint density at radius 1 is 1.05 bits per heavy atom. The van der Waals surface area contributed by atoms with E-state index < -0.39 is 5.41 Å². The quantitative estimate of drug-likeness (QED) is 0.751. The number of carbonyl (C=O) groups is 2. The van der Waals surface area contributed by atoms with Crippen molar-refractivity contribution < 1.29 is 9.59 Å². The van der Waals surface area contributed by atoms with Crippen LogP contribution in [0.25, 0.3) is 0 Å². The third-order valence-electron chi connectivity index (χ3n) is 3.67. The Hall–Kier alpha value is -1.84. The summed E-state index contributed by atoms with van der Waals surface area (Å²) in [5, 5.41) is 2.87. The van der Waals surface area contributed by atoms with Crippen LogP contribution in [0.4, 0.5) is 0 Å². The molecule has 22 heavy (non-hydrogen) atoms. The van der Waals surface area contributed by atoms with E-state index in [2.05, 4.69) is 5.32 Å². The highest BCUT2D eigenvalue weighted by atomic mass is 16.2. The molecule has 1 N–H and O–H groups in total. The molecule has 0 unspecified atom stereocenters. The molecule has 0 radical (unpaired) electrons. The zero-order chi connectivity index (χ0) is 16.6. The Kier molecular flexibility index (Phi) is 7.09. The van der Waals surface area contributed by atoms with Crippen LogP contribution in [0.2, 0.25) is 0 Å². The Balaban J connectivity index is 2.69. The highest BCUT2D eigenvalue weighted by molar-refractivity contribution is 6.04. The fraction of sp³-hybridized carbons (Fsp3) is 0.556. The lowest BCUT2D eigenvalue weighted by molar-refractivity contribution is -0.148. The molecular weight excluding hydrogens is 276 g/mol. The number of benzene rings is 1. The molecule has 2 amide bonds. The van der Waals surface area contributed by atoms with Crippen molar-refractivity contribution in [3.8, 4) is 0 Å². The number of nitrogens with one attached hydrogen (secondary N) is 1. The summed E-state index contributed by atoms with van der Waals surface area (Å²) >= 11 is 0. The molecule has 1 aromatic rings. The summed E-state index contributed by atoms with van der Waals surface area (Å²) in [5.41, 5.74) is -0.0165. The molecule has 4 heteroatoms. The van der Waals surface area contributed by atoms with Gasteiger partial charge in [-0.2, -0.15) is 0 Å². The number of carbonyl (C=O) groups excluding carboxylic acids is 2. The van der Waals surface area contributed by atoms with Gasteiger partial charge in [-0.15, -0.1) is 0 Å². The number of nitrogens with zero attached hydrogens (tertiary/aromatic N) is 1. The molecule has 1 aromatic carbocycles. The van der Waals surface area contributed by atoms with E-state index in [0.29, 0.717) is 19.6 Å². The fourth-order valence-electron chi connectivity index (χ4n) is 2.35. The van der Waals surface area contributed by atoms with Crippen molar-refractivity contribution in [2.75, 3.05) is 13.1 Å². The van der Waals surface area contributed by atoms with E-state index in [4.69, 9.17) is 0 Å². The molecule has 0 saturated carbocycles. The lowest BCUT2D eigenvalue weighted by Gasteiger charge is -2.30. The molecule has 0 aliphatic heterocycles. The maximum Gasteiger partial charge on any atom is 0.237 e.